The van der Waals surface area contributed by atoms with Crippen molar-refractivity contribution < 1.29 is 0 Å². The molecule has 1 fully saturated rings. The van der Waals surface area contributed by atoms with Gasteiger partial charge in [-0.05, 0) is 49.8 Å². The average molecular weight is 256 g/mol. The van der Waals surface area contributed by atoms with E-state index in [2.05, 4.69) is 55.1 Å². The van der Waals surface area contributed by atoms with Gasteiger partial charge >= 0.3 is 0 Å². The molecule has 2 heteroatoms. The van der Waals surface area contributed by atoms with Crippen LogP contribution < -0.4 is 0 Å². The zero-order valence-corrected chi connectivity index (χ0v) is 12.0. The van der Waals surface area contributed by atoms with E-state index in [4.69, 9.17) is 0 Å². The summed E-state index contributed by atoms with van der Waals surface area (Å²) >= 11 is 0. The lowest BCUT2D eigenvalue weighted by Crippen LogP contribution is -2.43. The second-order valence-corrected chi connectivity index (χ2v) is 5.99. The lowest BCUT2D eigenvalue weighted by Gasteiger charge is -2.36. The first-order chi connectivity index (χ1) is 9.20. The largest absolute Gasteiger partial charge is 0.288 e. The molecule has 1 aromatic carbocycles. The van der Waals surface area contributed by atoms with Gasteiger partial charge in [0.25, 0.3) is 0 Å². The van der Waals surface area contributed by atoms with Gasteiger partial charge in [0.1, 0.15) is 6.04 Å². The Balaban J connectivity index is 1.84. The third-order valence-electron chi connectivity index (χ3n) is 4.17. The fraction of sp³-hybridized carbons (Fsp3) is 0.588. The van der Waals surface area contributed by atoms with Crippen LogP contribution in [-0.4, -0.2) is 24.0 Å². The number of hydrogen-bond donors (Lipinski definition) is 0. The van der Waals surface area contributed by atoms with Gasteiger partial charge in [0, 0.05) is 0 Å². The summed E-state index contributed by atoms with van der Waals surface area (Å²) in [5.41, 5.74) is 1.45. The van der Waals surface area contributed by atoms with Crippen LogP contribution >= 0.6 is 0 Å². The van der Waals surface area contributed by atoms with Crippen LogP contribution in [0.5, 0.6) is 0 Å². The molecular weight excluding hydrogens is 232 g/mol. The van der Waals surface area contributed by atoms with E-state index in [1.165, 1.54) is 24.8 Å². The van der Waals surface area contributed by atoms with Crippen molar-refractivity contribution in [3.05, 3.63) is 35.9 Å². The molecule has 0 aromatic heterocycles. The van der Waals surface area contributed by atoms with Crippen LogP contribution in [0.3, 0.4) is 0 Å². The number of hydrogen-bond acceptors (Lipinski definition) is 2. The number of rotatable bonds is 4. The Morgan fingerprint density at radius 2 is 1.84 bits per heavy atom. The lowest BCUT2D eigenvalue weighted by molar-refractivity contribution is 0.133. The van der Waals surface area contributed by atoms with Gasteiger partial charge in [-0.3, -0.25) is 4.90 Å². The summed E-state index contributed by atoms with van der Waals surface area (Å²) in [6, 6.07) is 13.3. The summed E-state index contributed by atoms with van der Waals surface area (Å²) in [5, 5.41) is 9.26. The summed E-state index contributed by atoms with van der Waals surface area (Å²) in [6.45, 7) is 6.44. The first-order valence-corrected chi connectivity index (χ1v) is 7.38. The molecule has 0 radical (unpaired) electrons. The van der Waals surface area contributed by atoms with Crippen LogP contribution in [0.15, 0.2) is 30.3 Å². The lowest BCUT2D eigenvalue weighted by atomic mass is 9.89. The van der Waals surface area contributed by atoms with E-state index in [-0.39, 0.29) is 6.04 Å². The van der Waals surface area contributed by atoms with Crippen molar-refractivity contribution in [1.29, 1.82) is 5.26 Å². The van der Waals surface area contributed by atoms with Gasteiger partial charge in [-0.1, -0.05) is 44.2 Å². The molecule has 0 aliphatic carbocycles. The Morgan fingerprint density at radius 3 is 2.37 bits per heavy atom. The summed E-state index contributed by atoms with van der Waals surface area (Å²) in [7, 11) is 0. The molecule has 2 nitrogen and oxygen atoms in total. The Bertz CT molecular complexity index is 411. The molecule has 0 N–H and O–H groups in total. The van der Waals surface area contributed by atoms with Gasteiger partial charge in [0.15, 0.2) is 0 Å². The van der Waals surface area contributed by atoms with E-state index in [1.807, 2.05) is 0 Å². The fourth-order valence-electron chi connectivity index (χ4n) is 3.04. The molecule has 1 aliphatic heterocycles. The summed E-state index contributed by atoms with van der Waals surface area (Å²) in [4.78, 5) is 2.37. The standard InChI is InChI=1S/C17H24N2/c1-14(2)17(13-18)19-10-8-16(9-11-19)12-15-6-4-3-5-7-15/h3-7,14,16-17H,8-12H2,1-2H3. The third-order valence-corrected chi connectivity index (χ3v) is 4.17. The number of nitrogens with zero attached hydrogens (tertiary/aromatic N) is 2. The second-order valence-electron chi connectivity index (χ2n) is 5.99. The molecule has 1 heterocycles. The highest BCUT2D eigenvalue weighted by Crippen LogP contribution is 2.24. The third kappa shape index (κ3) is 3.81. The van der Waals surface area contributed by atoms with Crippen LogP contribution in [0.4, 0.5) is 0 Å². The predicted molar refractivity (Wildman–Crippen MR) is 78.7 cm³/mol. The van der Waals surface area contributed by atoms with Crippen LogP contribution in [0.2, 0.25) is 0 Å². The van der Waals surface area contributed by atoms with E-state index >= 15 is 0 Å². The summed E-state index contributed by atoms with van der Waals surface area (Å²) < 4.78 is 0. The number of nitriles is 1. The first kappa shape index (κ1) is 14.1. The van der Waals surface area contributed by atoms with Crippen molar-refractivity contribution in [2.45, 2.75) is 39.2 Å². The van der Waals surface area contributed by atoms with Gasteiger partial charge < -0.3 is 0 Å². The second kappa shape index (κ2) is 6.73. The van der Waals surface area contributed by atoms with E-state index in [0.717, 1.165) is 19.0 Å². The Hall–Kier alpha value is -1.33. The molecule has 0 saturated carbocycles. The van der Waals surface area contributed by atoms with E-state index < -0.39 is 0 Å². The van der Waals surface area contributed by atoms with Crippen molar-refractivity contribution in [2.75, 3.05) is 13.1 Å². The molecular formula is C17H24N2. The van der Waals surface area contributed by atoms with Gasteiger partial charge in [-0.15, -0.1) is 0 Å². The highest BCUT2D eigenvalue weighted by Gasteiger charge is 2.26. The van der Waals surface area contributed by atoms with Gasteiger partial charge in [-0.25, -0.2) is 0 Å². The van der Waals surface area contributed by atoms with Crippen molar-refractivity contribution in [3.8, 4) is 6.07 Å². The minimum Gasteiger partial charge on any atom is -0.288 e. The zero-order chi connectivity index (χ0) is 13.7. The maximum absolute atomic E-state index is 9.26. The number of likely N-dealkylation sites (tertiary alicyclic amines) is 1. The van der Waals surface area contributed by atoms with Gasteiger partial charge in [0.2, 0.25) is 0 Å². The van der Waals surface area contributed by atoms with Gasteiger partial charge in [-0.2, -0.15) is 5.26 Å². The van der Waals surface area contributed by atoms with Crippen molar-refractivity contribution in [1.82, 2.24) is 4.90 Å². The topological polar surface area (TPSA) is 27.0 Å². The minimum absolute atomic E-state index is 0.0951. The minimum atomic E-state index is 0.0951. The molecule has 2 rings (SSSR count). The molecule has 0 bridgehead atoms. The summed E-state index contributed by atoms with van der Waals surface area (Å²) in [6.07, 6.45) is 3.63. The number of benzene rings is 1. The molecule has 1 aromatic rings. The van der Waals surface area contributed by atoms with Crippen LogP contribution in [0, 0.1) is 23.2 Å². The molecule has 0 spiro atoms. The molecule has 19 heavy (non-hydrogen) atoms. The highest BCUT2D eigenvalue weighted by atomic mass is 15.2. The Morgan fingerprint density at radius 1 is 1.21 bits per heavy atom. The monoisotopic (exact) mass is 256 g/mol. The Kier molecular flexibility index (Phi) is 4.99. The number of piperidine rings is 1. The normalized spacial score (nSPS) is 19.3. The van der Waals surface area contributed by atoms with Crippen LogP contribution in [-0.2, 0) is 6.42 Å². The molecule has 1 atom stereocenters. The van der Waals surface area contributed by atoms with Crippen molar-refractivity contribution in [3.63, 3.8) is 0 Å². The van der Waals surface area contributed by atoms with Crippen LogP contribution in [0.1, 0.15) is 32.3 Å². The molecule has 0 amide bonds. The predicted octanol–water partition coefficient (Wildman–Crippen LogP) is 3.49. The maximum Gasteiger partial charge on any atom is 0.100 e. The van der Waals surface area contributed by atoms with E-state index in [0.29, 0.717) is 5.92 Å². The molecule has 102 valence electrons. The molecule has 1 aliphatic rings. The first-order valence-electron chi connectivity index (χ1n) is 7.38. The highest BCUT2D eigenvalue weighted by molar-refractivity contribution is 5.15. The van der Waals surface area contributed by atoms with Crippen molar-refractivity contribution in [2.24, 2.45) is 11.8 Å². The fourth-order valence-corrected chi connectivity index (χ4v) is 3.04. The zero-order valence-electron chi connectivity index (χ0n) is 12.0. The van der Waals surface area contributed by atoms with Gasteiger partial charge in [0.05, 0.1) is 6.07 Å². The summed E-state index contributed by atoms with van der Waals surface area (Å²) in [5.74, 6) is 1.21. The molecule has 1 unspecified atom stereocenters. The maximum atomic E-state index is 9.26. The average Bonchev–Trinajstić information content (AvgIpc) is 2.42. The van der Waals surface area contributed by atoms with E-state index in [9.17, 15) is 5.26 Å². The SMILES string of the molecule is CC(C)C(C#N)N1CCC(Cc2ccccc2)CC1. The Labute approximate surface area is 117 Å². The van der Waals surface area contributed by atoms with Crippen molar-refractivity contribution >= 4 is 0 Å². The quantitative estimate of drug-likeness (QED) is 0.824. The van der Waals surface area contributed by atoms with Crippen LogP contribution in [0.25, 0.3) is 0 Å². The van der Waals surface area contributed by atoms with E-state index in [1.54, 1.807) is 0 Å². The molecule has 1 saturated heterocycles. The smallest absolute Gasteiger partial charge is 0.100 e.